The van der Waals surface area contributed by atoms with E-state index >= 15 is 0 Å². The van der Waals surface area contributed by atoms with Crippen LogP contribution in [-0.4, -0.2) is 0 Å². The molecule has 14 heavy (non-hydrogen) atoms. The first kappa shape index (κ1) is 9.27. The van der Waals surface area contributed by atoms with Crippen molar-refractivity contribution < 1.29 is 0 Å². The van der Waals surface area contributed by atoms with Gasteiger partial charge in [0, 0.05) is 0 Å². The summed E-state index contributed by atoms with van der Waals surface area (Å²) < 4.78 is 0. The smallest absolute Gasteiger partial charge is 0.0822 e. The Labute approximate surface area is 85.4 Å². The fraction of sp³-hybridized carbons (Fsp3) is 0.462. The molecule has 2 rings (SSSR count). The average Bonchev–Trinajstić information content (AvgIpc) is 2.28. The zero-order valence-electron chi connectivity index (χ0n) is 8.59. The van der Waals surface area contributed by atoms with Crippen LogP contribution >= 0.6 is 0 Å². The quantitative estimate of drug-likeness (QED) is 0.659. The van der Waals surface area contributed by atoms with Gasteiger partial charge in [-0.25, -0.2) is 0 Å². The number of benzene rings is 1. The maximum absolute atomic E-state index is 9.34. The molecular formula is C13H15N. The normalized spacial score (nSPS) is 25.1. The van der Waals surface area contributed by atoms with Crippen LogP contribution in [0.1, 0.15) is 37.3 Å². The summed E-state index contributed by atoms with van der Waals surface area (Å²) in [5.41, 5.74) is 2.45. The molecule has 0 spiro atoms. The molecule has 0 aliphatic heterocycles. The minimum absolute atomic E-state index is 0.200. The number of hydrogen-bond donors (Lipinski definition) is 0. The number of rotatable bonds is 1. The molecule has 0 saturated heterocycles. The third-order valence-corrected chi connectivity index (χ3v) is 3.40. The number of nitrogens with zero attached hydrogens (tertiary/aromatic N) is 1. The third-order valence-electron chi connectivity index (χ3n) is 3.40. The van der Waals surface area contributed by atoms with Gasteiger partial charge in [0.15, 0.2) is 0 Å². The van der Waals surface area contributed by atoms with Crippen LogP contribution in [0.25, 0.3) is 0 Å². The second kappa shape index (κ2) is 3.46. The van der Waals surface area contributed by atoms with Gasteiger partial charge in [0.1, 0.15) is 0 Å². The van der Waals surface area contributed by atoms with Crippen LogP contribution in [0.3, 0.4) is 0 Å². The highest BCUT2D eigenvalue weighted by atomic mass is 14.4. The molecule has 1 aromatic carbocycles. The Bertz CT molecular complexity index is 375. The fourth-order valence-corrected chi connectivity index (χ4v) is 2.48. The molecule has 0 heterocycles. The molecule has 0 N–H and O–H groups in total. The van der Waals surface area contributed by atoms with Crippen molar-refractivity contribution in [3.63, 3.8) is 0 Å². The molecule has 72 valence electrons. The standard InChI is InChI=1S/C13H15N/c1-2-13(10-14)9-5-7-11-6-3-4-8-12(11)13/h3-4,6,8H,2,5,7,9H2,1H3. The first-order valence-corrected chi connectivity index (χ1v) is 5.32. The van der Waals surface area contributed by atoms with Crippen LogP contribution in [0.2, 0.25) is 0 Å². The van der Waals surface area contributed by atoms with E-state index in [0.29, 0.717) is 0 Å². The Kier molecular flexibility index (Phi) is 2.29. The fourth-order valence-electron chi connectivity index (χ4n) is 2.48. The number of hydrogen-bond acceptors (Lipinski definition) is 1. The maximum atomic E-state index is 9.34. The SMILES string of the molecule is CCC1(C#N)CCCc2ccccc21. The lowest BCUT2D eigenvalue weighted by Gasteiger charge is -2.32. The molecular weight excluding hydrogens is 170 g/mol. The molecule has 0 aromatic heterocycles. The highest BCUT2D eigenvalue weighted by molar-refractivity contribution is 5.41. The average molecular weight is 185 g/mol. The largest absolute Gasteiger partial charge is 0.197 e. The second-order valence-electron chi connectivity index (χ2n) is 4.06. The Balaban J connectivity index is 2.55. The summed E-state index contributed by atoms with van der Waals surface area (Å²) in [5, 5.41) is 9.34. The van der Waals surface area contributed by atoms with Gasteiger partial charge in [0.05, 0.1) is 11.5 Å². The zero-order valence-corrected chi connectivity index (χ0v) is 8.59. The van der Waals surface area contributed by atoms with E-state index in [4.69, 9.17) is 0 Å². The van der Waals surface area contributed by atoms with Crippen molar-refractivity contribution in [1.29, 1.82) is 5.26 Å². The Morgan fingerprint density at radius 1 is 1.43 bits per heavy atom. The van der Waals surface area contributed by atoms with E-state index in [1.807, 2.05) is 6.07 Å². The molecule has 1 atom stereocenters. The van der Waals surface area contributed by atoms with Gasteiger partial charge in [-0.3, -0.25) is 0 Å². The van der Waals surface area contributed by atoms with Crippen molar-refractivity contribution in [3.8, 4) is 6.07 Å². The molecule has 1 aliphatic carbocycles. The minimum atomic E-state index is -0.200. The summed E-state index contributed by atoms with van der Waals surface area (Å²) in [6.45, 7) is 2.12. The van der Waals surface area contributed by atoms with Crippen molar-refractivity contribution in [2.75, 3.05) is 0 Å². The monoisotopic (exact) mass is 185 g/mol. The van der Waals surface area contributed by atoms with Crippen molar-refractivity contribution in [3.05, 3.63) is 35.4 Å². The molecule has 1 aromatic rings. The lowest BCUT2D eigenvalue weighted by atomic mass is 9.69. The number of nitriles is 1. The molecule has 1 nitrogen and oxygen atoms in total. The molecule has 0 saturated carbocycles. The summed E-state index contributed by atoms with van der Waals surface area (Å²) in [5.74, 6) is 0. The van der Waals surface area contributed by atoms with E-state index in [9.17, 15) is 5.26 Å². The van der Waals surface area contributed by atoms with Gasteiger partial charge in [-0.2, -0.15) is 5.26 Å². The highest BCUT2D eigenvalue weighted by Gasteiger charge is 2.34. The van der Waals surface area contributed by atoms with Gasteiger partial charge in [0.25, 0.3) is 0 Å². The summed E-state index contributed by atoms with van der Waals surface area (Å²) in [6, 6.07) is 10.9. The molecule has 0 radical (unpaired) electrons. The maximum Gasteiger partial charge on any atom is 0.0822 e. The van der Waals surface area contributed by atoms with Crippen LogP contribution in [0.4, 0.5) is 0 Å². The van der Waals surface area contributed by atoms with Gasteiger partial charge in [-0.05, 0) is 36.8 Å². The molecule has 1 aliphatic rings. The van der Waals surface area contributed by atoms with Gasteiger partial charge < -0.3 is 0 Å². The van der Waals surface area contributed by atoms with Crippen LogP contribution in [0.15, 0.2) is 24.3 Å². The first-order chi connectivity index (χ1) is 6.82. The molecule has 1 heteroatoms. The van der Waals surface area contributed by atoms with Gasteiger partial charge in [-0.1, -0.05) is 31.2 Å². The number of fused-ring (bicyclic) bond motifs is 1. The van der Waals surface area contributed by atoms with Gasteiger partial charge in [0.2, 0.25) is 0 Å². The zero-order chi connectivity index (χ0) is 10.0. The van der Waals surface area contributed by atoms with Crippen LogP contribution in [0, 0.1) is 11.3 Å². The van der Waals surface area contributed by atoms with E-state index in [1.165, 1.54) is 11.1 Å². The van der Waals surface area contributed by atoms with E-state index in [2.05, 4.69) is 31.2 Å². The number of aryl methyl sites for hydroxylation is 1. The molecule has 1 unspecified atom stereocenters. The van der Waals surface area contributed by atoms with Crippen molar-refractivity contribution in [1.82, 2.24) is 0 Å². The first-order valence-electron chi connectivity index (χ1n) is 5.32. The van der Waals surface area contributed by atoms with Crippen LogP contribution < -0.4 is 0 Å². The molecule has 0 bridgehead atoms. The summed E-state index contributed by atoms with van der Waals surface area (Å²) in [6.07, 6.45) is 4.25. The van der Waals surface area contributed by atoms with E-state index in [-0.39, 0.29) is 5.41 Å². The highest BCUT2D eigenvalue weighted by Crippen LogP contribution is 2.39. The second-order valence-corrected chi connectivity index (χ2v) is 4.06. The Hall–Kier alpha value is -1.29. The van der Waals surface area contributed by atoms with Crippen molar-refractivity contribution >= 4 is 0 Å². The predicted molar refractivity (Wildman–Crippen MR) is 57.0 cm³/mol. The molecule has 0 amide bonds. The lowest BCUT2D eigenvalue weighted by molar-refractivity contribution is 0.440. The van der Waals surface area contributed by atoms with Crippen LogP contribution in [0.5, 0.6) is 0 Å². The van der Waals surface area contributed by atoms with Crippen molar-refractivity contribution in [2.24, 2.45) is 0 Å². The van der Waals surface area contributed by atoms with E-state index < -0.39 is 0 Å². The summed E-state index contributed by atoms with van der Waals surface area (Å²) >= 11 is 0. The predicted octanol–water partition coefficient (Wildman–Crippen LogP) is 3.19. The van der Waals surface area contributed by atoms with E-state index in [1.54, 1.807) is 0 Å². The van der Waals surface area contributed by atoms with Gasteiger partial charge in [-0.15, -0.1) is 0 Å². The summed E-state index contributed by atoms with van der Waals surface area (Å²) in [7, 11) is 0. The molecule has 0 fully saturated rings. The summed E-state index contributed by atoms with van der Waals surface area (Å²) in [4.78, 5) is 0. The van der Waals surface area contributed by atoms with Crippen molar-refractivity contribution in [2.45, 2.75) is 38.0 Å². The Morgan fingerprint density at radius 3 is 2.93 bits per heavy atom. The van der Waals surface area contributed by atoms with Crippen LogP contribution in [-0.2, 0) is 11.8 Å². The van der Waals surface area contributed by atoms with E-state index in [0.717, 1.165) is 25.7 Å². The Morgan fingerprint density at radius 2 is 2.21 bits per heavy atom. The third kappa shape index (κ3) is 1.23. The minimum Gasteiger partial charge on any atom is -0.197 e. The van der Waals surface area contributed by atoms with Gasteiger partial charge >= 0.3 is 0 Å². The topological polar surface area (TPSA) is 23.8 Å². The lowest BCUT2D eigenvalue weighted by Crippen LogP contribution is -2.28.